The van der Waals surface area contributed by atoms with E-state index in [0.717, 1.165) is 28.2 Å². The van der Waals surface area contributed by atoms with Crippen LogP contribution < -0.4 is 14.8 Å². The number of amides is 1. The summed E-state index contributed by atoms with van der Waals surface area (Å²) in [7, 11) is -2.28. The number of ether oxygens (including phenoxy) is 1. The van der Waals surface area contributed by atoms with Crippen LogP contribution in [0.1, 0.15) is 44.4 Å². The number of aromatic nitrogens is 2. The van der Waals surface area contributed by atoms with Crippen molar-refractivity contribution in [3.8, 4) is 5.75 Å². The fraction of sp³-hybridized carbons (Fsp3) is 0.471. The second kappa shape index (κ2) is 8.77. The van der Waals surface area contributed by atoms with Crippen molar-refractivity contribution in [1.29, 1.82) is 0 Å². The number of anilines is 1. The third kappa shape index (κ3) is 5.24. The zero-order valence-electron chi connectivity index (χ0n) is 15.9. The Labute approximate surface area is 163 Å². The van der Waals surface area contributed by atoms with Crippen LogP contribution in [0.5, 0.6) is 5.75 Å². The zero-order chi connectivity index (χ0) is 20.2. The molecule has 10 heteroatoms. The molecule has 27 heavy (non-hydrogen) atoms. The van der Waals surface area contributed by atoms with E-state index < -0.39 is 16.1 Å². The third-order valence-corrected chi connectivity index (χ3v) is 6.60. The molecule has 2 rings (SSSR count). The van der Waals surface area contributed by atoms with Gasteiger partial charge in [-0.2, -0.15) is 0 Å². The van der Waals surface area contributed by atoms with Crippen LogP contribution in [0.4, 0.5) is 5.13 Å². The average molecular weight is 413 g/mol. The molecular formula is C17H24N4O4S2. The molecule has 1 aromatic carbocycles. The number of hydrogen-bond donors (Lipinski definition) is 2. The van der Waals surface area contributed by atoms with Crippen molar-refractivity contribution in [2.75, 3.05) is 12.4 Å². The Bertz CT molecular complexity index is 909. The first-order chi connectivity index (χ1) is 12.7. The Kier molecular flexibility index (Phi) is 6.90. The van der Waals surface area contributed by atoms with E-state index in [-0.39, 0.29) is 21.3 Å². The van der Waals surface area contributed by atoms with Crippen molar-refractivity contribution in [2.24, 2.45) is 5.92 Å². The summed E-state index contributed by atoms with van der Waals surface area (Å²) in [6.45, 7) is 7.26. The number of rotatable bonds is 8. The minimum absolute atomic E-state index is 0.155. The van der Waals surface area contributed by atoms with Gasteiger partial charge in [0.1, 0.15) is 5.75 Å². The summed E-state index contributed by atoms with van der Waals surface area (Å²) in [6.07, 6.45) is 0.556. The van der Waals surface area contributed by atoms with Crippen LogP contribution in [0, 0.1) is 12.8 Å². The van der Waals surface area contributed by atoms with Gasteiger partial charge in [-0.15, -0.1) is 10.2 Å². The van der Waals surface area contributed by atoms with Gasteiger partial charge in [-0.05, 0) is 30.5 Å². The number of benzene rings is 1. The van der Waals surface area contributed by atoms with Crippen LogP contribution in [-0.2, 0) is 14.8 Å². The van der Waals surface area contributed by atoms with Gasteiger partial charge < -0.3 is 10.1 Å². The normalized spacial score (nSPS) is 12.8. The molecule has 0 aliphatic heterocycles. The Morgan fingerprint density at radius 2 is 2.00 bits per heavy atom. The predicted octanol–water partition coefficient (Wildman–Crippen LogP) is 2.88. The first kappa shape index (κ1) is 21.3. The van der Waals surface area contributed by atoms with Crippen LogP contribution in [-0.4, -0.2) is 31.6 Å². The van der Waals surface area contributed by atoms with Crippen LogP contribution in [0.3, 0.4) is 0 Å². The number of methoxy groups -OCH3 is 1. The van der Waals surface area contributed by atoms with Gasteiger partial charge >= 0.3 is 0 Å². The number of nitrogens with one attached hydrogen (secondary N) is 2. The standard InChI is InChI=1S/C17H24N4O4S2/c1-6-13(12-7-8-14(25-5)11(4)9-12)21-27(23,24)17-20-19-16(26-17)18-15(22)10(2)3/h7-10,13,21H,6H2,1-5H3,(H,18,19,22). The molecule has 1 aromatic heterocycles. The lowest BCUT2D eigenvalue weighted by Crippen LogP contribution is -2.28. The molecule has 0 saturated heterocycles. The van der Waals surface area contributed by atoms with Gasteiger partial charge in [-0.3, -0.25) is 4.79 Å². The van der Waals surface area contributed by atoms with Crippen LogP contribution >= 0.6 is 11.3 Å². The molecule has 0 radical (unpaired) electrons. The molecule has 8 nitrogen and oxygen atoms in total. The van der Waals surface area contributed by atoms with E-state index >= 15 is 0 Å². The Morgan fingerprint density at radius 3 is 2.56 bits per heavy atom. The predicted molar refractivity (Wildman–Crippen MR) is 104 cm³/mol. The summed E-state index contributed by atoms with van der Waals surface area (Å²) < 4.78 is 33.1. The van der Waals surface area contributed by atoms with Gasteiger partial charge in [-0.1, -0.05) is 44.2 Å². The van der Waals surface area contributed by atoms with Crippen molar-refractivity contribution in [1.82, 2.24) is 14.9 Å². The molecule has 0 saturated carbocycles. The summed E-state index contributed by atoms with van der Waals surface area (Å²) >= 11 is 0.818. The number of hydrogen-bond acceptors (Lipinski definition) is 7. The number of nitrogens with zero attached hydrogens (tertiary/aromatic N) is 2. The van der Waals surface area contributed by atoms with Crippen molar-refractivity contribution < 1.29 is 17.9 Å². The maximum absolute atomic E-state index is 12.7. The highest BCUT2D eigenvalue weighted by Crippen LogP contribution is 2.27. The van der Waals surface area contributed by atoms with Crippen molar-refractivity contribution >= 4 is 32.4 Å². The molecule has 0 spiro atoms. The van der Waals surface area contributed by atoms with E-state index in [2.05, 4.69) is 20.2 Å². The number of carbonyl (C=O) groups is 1. The second-order valence-corrected chi connectivity index (χ2v) is 9.19. The van der Waals surface area contributed by atoms with E-state index in [4.69, 9.17) is 4.74 Å². The van der Waals surface area contributed by atoms with Crippen molar-refractivity contribution in [2.45, 2.75) is 44.5 Å². The van der Waals surface area contributed by atoms with E-state index in [1.807, 2.05) is 32.0 Å². The lowest BCUT2D eigenvalue weighted by Gasteiger charge is -2.17. The van der Waals surface area contributed by atoms with E-state index in [0.29, 0.717) is 6.42 Å². The molecule has 0 bridgehead atoms. The van der Waals surface area contributed by atoms with Crippen LogP contribution in [0.15, 0.2) is 22.5 Å². The van der Waals surface area contributed by atoms with Crippen LogP contribution in [0.2, 0.25) is 0 Å². The fourth-order valence-corrected chi connectivity index (χ4v) is 4.59. The zero-order valence-corrected chi connectivity index (χ0v) is 17.6. The lowest BCUT2D eigenvalue weighted by molar-refractivity contribution is -0.118. The van der Waals surface area contributed by atoms with Crippen LogP contribution in [0.25, 0.3) is 0 Å². The fourth-order valence-electron chi connectivity index (χ4n) is 2.36. The molecule has 2 N–H and O–H groups in total. The summed E-state index contributed by atoms with van der Waals surface area (Å²) in [6, 6.07) is 5.12. The molecule has 1 amide bonds. The highest BCUT2D eigenvalue weighted by molar-refractivity contribution is 7.91. The molecule has 148 valence electrons. The summed E-state index contributed by atoms with van der Waals surface area (Å²) in [5, 5.41) is 10.2. The molecule has 0 aliphatic carbocycles. The SMILES string of the molecule is CCC(NS(=O)(=O)c1nnc(NC(=O)C(C)C)s1)c1ccc(OC)c(C)c1. The molecule has 0 aliphatic rings. The maximum Gasteiger partial charge on any atom is 0.270 e. The molecule has 1 heterocycles. The van der Waals surface area contributed by atoms with Gasteiger partial charge in [0.2, 0.25) is 15.4 Å². The molecular weight excluding hydrogens is 388 g/mol. The first-order valence-corrected chi connectivity index (χ1v) is 10.8. The average Bonchev–Trinajstić information content (AvgIpc) is 3.09. The first-order valence-electron chi connectivity index (χ1n) is 8.49. The van der Waals surface area contributed by atoms with Crippen molar-refractivity contribution in [3.63, 3.8) is 0 Å². The van der Waals surface area contributed by atoms with Gasteiger partial charge in [0, 0.05) is 12.0 Å². The summed E-state index contributed by atoms with van der Waals surface area (Å²) in [5.74, 6) is 0.254. The van der Waals surface area contributed by atoms with E-state index in [1.165, 1.54) is 0 Å². The molecule has 2 aromatic rings. The Morgan fingerprint density at radius 1 is 1.30 bits per heavy atom. The lowest BCUT2D eigenvalue weighted by atomic mass is 10.0. The Balaban J connectivity index is 2.20. The summed E-state index contributed by atoms with van der Waals surface area (Å²) in [5.41, 5.74) is 1.75. The maximum atomic E-state index is 12.7. The largest absolute Gasteiger partial charge is 0.496 e. The molecule has 1 atom stereocenters. The number of sulfonamides is 1. The molecule has 1 unspecified atom stereocenters. The highest BCUT2D eigenvalue weighted by Gasteiger charge is 2.25. The smallest absolute Gasteiger partial charge is 0.270 e. The monoisotopic (exact) mass is 412 g/mol. The van der Waals surface area contributed by atoms with E-state index in [9.17, 15) is 13.2 Å². The minimum atomic E-state index is -3.87. The number of aryl methyl sites for hydroxylation is 1. The van der Waals surface area contributed by atoms with E-state index in [1.54, 1.807) is 21.0 Å². The highest BCUT2D eigenvalue weighted by atomic mass is 32.2. The van der Waals surface area contributed by atoms with Gasteiger partial charge in [0.05, 0.1) is 7.11 Å². The van der Waals surface area contributed by atoms with Crippen molar-refractivity contribution in [3.05, 3.63) is 29.3 Å². The minimum Gasteiger partial charge on any atom is -0.496 e. The number of carbonyl (C=O) groups excluding carboxylic acids is 1. The quantitative estimate of drug-likeness (QED) is 0.645. The third-order valence-electron chi connectivity index (χ3n) is 3.92. The Hall–Kier alpha value is -2.04. The van der Waals surface area contributed by atoms with Gasteiger partial charge in [0.25, 0.3) is 10.0 Å². The topological polar surface area (TPSA) is 110 Å². The van der Waals surface area contributed by atoms with Gasteiger partial charge in [0.15, 0.2) is 0 Å². The summed E-state index contributed by atoms with van der Waals surface area (Å²) in [4.78, 5) is 11.7. The molecule has 0 fully saturated rings. The van der Waals surface area contributed by atoms with Gasteiger partial charge in [-0.25, -0.2) is 13.1 Å². The second-order valence-electron chi connectivity index (χ2n) is 6.33.